The van der Waals surface area contributed by atoms with Crippen molar-refractivity contribution in [2.45, 2.75) is 6.29 Å². The van der Waals surface area contributed by atoms with Crippen molar-refractivity contribution < 1.29 is 19.0 Å². The Hall–Kier alpha value is -3.29. The van der Waals surface area contributed by atoms with Gasteiger partial charge in [-0.25, -0.2) is 14.8 Å². The number of ether oxygens (including phenoxy) is 3. The van der Waals surface area contributed by atoms with Gasteiger partial charge in [0.15, 0.2) is 12.1 Å². The number of rotatable bonds is 4. The molecule has 2 aromatic carbocycles. The van der Waals surface area contributed by atoms with E-state index < -0.39 is 12.3 Å². The van der Waals surface area contributed by atoms with Crippen LogP contribution in [0.4, 0.5) is 5.69 Å². The van der Waals surface area contributed by atoms with Crippen molar-refractivity contribution in [1.82, 2.24) is 4.98 Å². The van der Waals surface area contributed by atoms with E-state index >= 15 is 0 Å². The number of nitrogens with zero attached hydrogens (tertiary/aromatic N) is 2. The third-order valence-electron chi connectivity index (χ3n) is 4.42. The van der Waals surface area contributed by atoms with Crippen LogP contribution in [0.2, 0.25) is 0 Å². The Balaban J connectivity index is 1.85. The van der Waals surface area contributed by atoms with Crippen LogP contribution in [0.15, 0.2) is 59.6 Å². The number of hydrogen-bond acceptors (Lipinski definition) is 6. The monoisotopic (exact) mass is 377 g/mol. The van der Waals surface area contributed by atoms with Gasteiger partial charge >= 0.3 is 5.97 Å². The van der Waals surface area contributed by atoms with Gasteiger partial charge in [-0.15, -0.1) is 0 Å². The van der Waals surface area contributed by atoms with Crippen LogP contribution in [0.3, 0.4) is 0 Å². The molecule has 2 N–H and O–H groups in total. The normalized spacial score (nSPS) is 15.1. The van der Waals surface area contributed by atoms with Crippen molar-refractivity contribution in [3.05, 3.63) is 71.4 Å². The molecular weight excluding hydrogens is 358 g/mol. The van der Waals surface area contributed by atoms with Crippen LogP contribution >= 0.6 is 0 Å². The molecule has 0 radical (unpaired) electrons. The van der Waals surface area contributed by atoms with Crippen molar-refractivity contribution in [2.75, 3.05) is 20.3 Å². The second-order valence-corrected chi connectivity index (χ2v) is 6.20. The van der Waals surface area contributed by atoms with Crippen molar-refractivity contribution in [1.29, 1.82) is 0 Å². The summed E-state index contributed by atoms with van der Waals surface area (Å²) in [6.07, 6.45) is -0.559. The zero-order valence-electron chi connectivity index (χ0n) is 15.3. The minimum absolute atomic E-state index is 0.163. The Kier molecular flexibility index (Phi) is 5.01. The first-order chi connectivity index (χ1) is 13.7. The number of pyridine rings is 1. The predicted molar refractivity (Wildman–Crippen MR) is 105 cm³/mol. The quantitative estimate of drug-likeness (QED) is 0.426. The average Bonchev–Trinajstić information content (AvgIpc) is 3.27. The maximum Gasteiger partial charge on any atom is 0.340 e. The molecule has 0 aliphatic carbocycles. The van der Waals surface area contributed by atoms with E-state index in [1.807, 2.05) is 30.3 Å². The van der Waals surface area contributed by atoms with E-state index in [0.29, 0.717) is 35.7 Å². The summed E-state index contributed by atoms with van der Waals surface area (Å²) in [5.41, 5.74) is 8.99. The molecule has 28 heavy (non-hydrogen) atoms. The molecule has 4 rings (SSSR count). The third-order valence-corrected chi connectivity index (χ3v) is 4.42. The molecule has 1 saturated heterocycles. The second-order valence-electron chi connectivity index (χ2n) is 6.20. The van der Waals surface area contributed by atoms with E-state index in [1.54, 1.807) is 24.3 Å². The summed E-state index contributed by atoms with van der Waals surface area (Å²) in [4.78, 5) is 21.2. The summed E-state index contributed by atoms with van der Waals surface area (Å²) in [5.74, 6) is -0.322. The molecule has 3 aromatic rings. The number of carbonyl (C=O) groups excluding carboxylic acids is 1. The summed E-state index contributed by atoms with van der Waals surface area (Å²) in [6, 6.07) is 16.5. The van der Waals surface area contributed by atoms with E-state index in [1.165, 1.54) is 7.11 Å². The number of aliphatic imine (C=N–C) groups is 1. The largest absolute Gasteiger partial charge is 0.465 e. The number of fused-ring (bicyclic) bond motifs is 1. The number of aromatic nitrogens is 1. The van der Waals surface area contributed by atoms with Crippen molar-refractivity contribution >= 4 is 28.4 Å². The summed E-state index contributed by atoms with van der Waals surface area (Å²) in [7, 11) is 1.32. The third kappa shape index (κ3) is 3.45. The SMILES string of the molecule is COC(=O)c1ccccc1N=C(N)c1nc2ccccc2cc1C1OCCO1. The van der Waals surface area contributed by atoms with E-state index in [9.17, 15) is 4.79 Å². The number of esters is 1. The Labute approximate surface area is 161 Å². The molecule has 0 amide bonds. The fourth-order valence-corrected chi connectivity index (χ4v) is 3.09. The van der Waals surface area contributed by atoms with Gasteiger partial charge in [-0.3, -0.25) is 0 Å². The van der Waals surface area contributed by atoms with Crippen LogP contribution in [0.5, 0.6) is 0 Å². The van der Waals surface area contributed by atoms with Gasteiger partial charge in [0.1, 0.15) is 5.69 Å². The lowest BCUT2D eigenvalue weighted by Crippen LogP contribution is -2.19. The topological polar surface area (TPSA) is 96.0 Å². The summed E-state index contributed by atoms with van der Waals surface area (Å²) in [6.45, 7) is 0.998. The number of nitrogens with two attached hydrogens (primary N) is 1. The van der Waals surface area contributed by atoms with Gasteiger partial charge in [-0.1, -0.05) is 30.3 Å². The first-order valence-electron chi connectivity index (χ1n) is 8.82. The molecule has 7 nitrogen and oxygen atoms in total. The van der Waals surface area contributed by atoms with Crippen molar-refractivity contribution in [3.63, 3.8) is 0 Å². The first-order valence-corrected chi connectivity index (χ1v) is 8.82. The maximum absolute atomic E-state index is 12.0. The van der Waals surface area contributed by atoms with E-state index in [-0.39, 0.29) is 5.84 Å². The zero-order valence-corrected chi connectivity index (χ0v) is 15.3. The lowest BCUT2D eigenvalue weighted by atomic mass is 10.1. The molecule has 142 valence electrons. The fourth-order valence-electron chi connectivity index (χ4n) is 3.09. The molecule has 0 atom stereocenters. The van der Waals surface area contributed by atoms with Gasteiger partial charge in [-0.2, -0.15) is 0 Å². The molecule has 7 heteroatoms. The standard InChI is InChI=1S/C21H19N3O4/c1-26-20(25)14-7-3-5-9-17(14)24-19(22)18-15(21-27-10-11-28-21)12-13-6-2-4-8-16(13)23-18/h2-9,12,21H,10-11H2,1H3,(H2,22,24). The number of para-hydroxylation sites is 2. The van der Waals surface area contributed by atoms with E-state index in [2.05, 4.69) is 9.98 Å². The number of carbonyl (C=O) groups is 1. The Morgan fingerprint density at radius 2 is 1.86 bits per heavy atom. The van der Waals surface area contributed by atoms with Crippen LogP contribution in [-0.4, -0.2) is 37.1 Å². The highest BCUT2D eigenvalue weighted by Gasteiger charge is 2.25. The lowest BCUT2D eigenvalue weighted by molar-refractivity contribution is -0.0443. The molecule has 0 bridgehead atoms. The molecule has 0 saturated carbocycles. The molecule has 0 spiro atoms. The number of amidine groups is 1. The summed E-state index contributed by atoms with van der Waals surface area (Å²) >= 11 is 0. The van der Waals surface area contributed by atoms with Gasteiger partial charge < -0.3 is 19.9 Å². The second kappa shape index (κ2) is 7.75. The number of hydrogen-bond donors (Lipinski definition) is 1. The van der Waals surface area contributed by atoms with Gasteiger partial charge in [0, 0.05) is 10.9 Å². The van der Waals surface area contributed by atoms with E-state index in [0.717, 1.165) is 10.9 Å². The van der Waals surface area contributed by atoms with Gasteiger partial charge in [-0.05, 0) is 24.3 Å². The Bertz CT molecular complexity index is 1060. The molecular formula is C21H19N3O4. The lowest BCUT2D eigenvalue weighted by Gasteiger charge is -2.15. The molecule has 2 heterocycles. The predicted octanol–water partition coefficient (Wildman–Crippen LogP) is 3.10. The highest BCUT2D eigenvalue weighted by molar-refractivity contribution is 6.03. The minimum atomic E-state index is -0.559. The molecule has 1 aliphatic heterocycles. The van der Waals surface area contributed by atoms with Crippen LogP contribution in [0.1, 0.15) is 27.9 Å². The molecule has 1 aromatic heterocycles. The van der Waals surface area contributed by atoms with Gasteiger partial charge in [0.2, 0.25) is 0 Å². The van der Waals surface area contributed by atoms with Crippen LogP contribution in [0.25, 0.3) is 10.9 Å². The summed E-state index contributed by atoms with van der Waals surface area (Å²) in [5, 5.41) is 0.947. The van der Waals surface area contributed by atoms with Gasteiger partial charge in [0.25, 0.3) is 0 Å². The first kappa shape index (κ1) is 18.1. The van der Waals surface area contributed by atoms with E-state index in [4.69, 9.17) is 19.9 Å². The molecule has 1 aliphatic rings. The maximum atomic E-state index is 12.0. The molecule has 0 unspecified atom stereocenters. The smallest absolute Gasteiger partial charge is 0.340 e. The minimum Gasteiger partial charge on any atom is -0.465 e. The Morgan fingerprint density at radius 1 is 1.14 bits per heavy atom. The zero-order chi connectivity index (χ0) is 19.5. The van der Waals surface area contributed by atoms with Crippen molar-refractivity contribution in [3.8, 4) is 0 Å². The van der Waals surface area contributed by atoms with Crippen LogP contribution in [-0.2, 0) is 14.2 Å². The highest BCUT2D eigenvalue weighted by Crippen LogP contribution is 2.29. The van der Waals surface area contributed by atoms with Crippen molar-refractivity contribution in [2.24, 2.45) is 10.7 Å². The van der Waals surface area contributed by atoms with Crippen LogP contribution < -0.4 is 5.73 Å². The number of methoxy groups -OCH3 is 1. The average molecular weight is 377 g/mol. The Morgan fingerprint density at radius 3 is 2.64 bits per heavy atom. The van der Waals surface area contributed by atoms with Crippen LogP contribution in [0, 0.1) is 0 Å². The fraction of sp³-hybridized carbons (Fsp3) is 0.190. The number of benzene rings is 2. The highest BCUT2D eigenvalue weighted by atomic mass is 16.7. The molecule has 1 fully saturated rings. The van der Waals surface area contributed by atoms with Gasteiger partial charge in [0.05, 0.1) is 37.1 Å². The summed E-state index contributed by atoms with van der Waals surface area (Å²) < 4.78 is 16.1.